The van der Waals surface area contributed by atoms with Gasteiger partial charge in [-0.2, -0.15) is 0 Å². The molecule has 0 spiro atoms. The van der Waals surface area contributed by atoms with Crippen LogP contribution in [-0.4, -0.2) is 18.1 Å². The summed E-state index contributed by atoms with van der Waals surface area (Å²) in [5.74, 6) is 0.921. The molecule has 1 heterocycles. The Hall–Kier alpha value is -1.48. The van der Waals surface area contributed by atoms with Crippen LogP contribution in [0.5, 0.6) is 5.75 Å². The second-order valence-electron chi connectivity index (χ2n) is 4.50. The zero-order chi connectivity index (χ0) is 11.1. The molecule has 0 bridgehead atoms. The summed E-state index contributed by atoms with van der Waals surface area (Å²) in [6.45, 7) is 0. The smallest absolute Gasteiger partial charge is 0.119 e. The summed E-state index contributed by atoms with van der Waals surface area (Å²) in [6, 6.07) is 6.49. The van der Waals surface area contributed by atoms with Gasteiger partial charge in [-0.15, -0.1) is 0 Å². The number of methoxy groups -OCH3 is 1. The third kappa shape index (κ3) is 1.39. The van der Waals surface area contributed by atoms with E-state index in [1.807, 2.05) is 6.07 Å². The van der Waals surface area contributed by atoms with Gasteiger partial charge in [0, 0.05) is 29.1 Å². The highest BCUT2D eigenvalue weighted by atomic mass is 16.5. The molecule has 1 atom stereocenters. The quantitative estimate of drug-likeness (QED) is 0.766. The van der Waals surface area contributed by atoms with Gasteiger partial charge in [-0.3, -0.25) is 0 Å². The van der Waals surface area contributed by atoms with E-state index in [4.69, 9.17) is 10.5 Å². The first kappa shape index (κ1) is 9.73. The third-order valence-electron chi connectivity index (χ3n) is 3.43. The standard InChI is InChI=1S/C13H16N2O/c1-16-9-3-5-12-11(7-9)10-4-2-8(14)6-13(10)15-12/h3,5,7-8,15H,2,4,6,14H2,1H3. The molecule has 0 aliphatic heterocycles. The lowest BCUT2D eigenvalue weighted by Gasteiger charge is -2.17. The molecule has 3 heteroatoms. The summed E-state index contributed by atoms with van der Waals surface area (Å²) in [6.07, 6.45) is 3.12. The average molecular weight is 216 g/mol. The normalized spacial score (nSPS) is 19.8. The van der Waals surface area contributed by atoms with Gasteiger partial charge in [0.15, 0.2) is 0 Å². The van der Waals surface area contributed by atoms with Crippen LogP contribution in [0.15, 0.2) is 18.2 Å². The van der Waals surface area contributed by atoms with Crippen LogP contribution in [0, 0.1) is 0 Å². The van der Waals surface area contributed by atoms with Crippen molar-refractivity contribution in [2.75, 3.05) is 7.11 Å². The summed E-state index contributed by atoms with van der Waals surface area (Å²) < 4.78 is 5.27. The Morgan fingerprint density at radius 1 is 1.44 bits per heavy atom. The van der Waals surface area contributed by atoms with Crippen LogP contribution < -0.4 is 10.5 Å². The van der Waals surface area contributed by atoms with Crippen molar-refractivity contribution in [3.63, 3.8) is 0 Å². The summed E-state index contributed by atoms with van der Waals surface area (Å²) >= 11 is 0. The summed E-state index contributed by atoms with van der Waals surface area (Å²) in [7, 11) is 1.70. The SMILES string of the molecule is COc1ccc2[nH]c3c(c2c1)CCC(N)C3. The Labute approximate surface area is 94.6 Å². The molecule has 1 aromatic carbocycles. The topological polar surface area (TPSA) is 51.0 Å². The van der Waals surface area contributed by atoms with Crippen LogP contribution in [0.25, 0.3) is 10.9 Å². The highest BCUT2D eigenvalue weighted by Gasteiger charge is 2.19. The molecule has 84 valence electrons. The van der Waals surface area contributed by atoms with Gasteiger partial charge in [-0.25, -0.2) is 0 Å². The van der Waals surface area contributed by atoms with Crippen LogP contribution >= 0.6 is 0 Å². The predicted octanol–water partition coefficient (Wildman–Crippen LogP) is 1.99. The fourth-order valence-corrected chi connectivity index (χ4v) is 2.56. The molecule has 3 N–H and O–H groups in total. The second-order valence-corrected chi connectivity index (χ2v) is 4.50. The van der Waals surface area contributed by atoms with E-state index in [1.54, 1.807) is 7.11 Å². The lowest BCUT2D eigenvalue weighted by Crippen LogP contribution is -2.27. The van der Waals surface area contributed by atoms with E-state index >= 15 is 0 Å². The number of aryl methyl sites for hydroxylation is 1. The number of aromatic amines is 1. The summed E-state index contributed by atoms with van der Waals surface area (Å²) in [5, 5.41) is 1.29. The van der Waals surface area contributed by atoms with Crippen LogP contribution in [0.4, 0.5) is 0 Å². The molecule has 0 radical (unpaired) electrons. The fraction of sp³-hybridized carbons (Fsp3) is 0.385. The Kier molecular flexibility index (Phi) is 2.14. The zero-order valence-corrected chi connectivity index (χ0v) is 9.42. The summed E-state index contributed by atoms with van der Waals surface area (Å²) in [5.41, 5.74) is 9.91. The van der Waals surface area contributed by atoms with Gasteiger partial charge in [-0.05, 0) is 36.6 Å². The minimum absolute atomic E-state index is 0.308. The second kappa shape index (κ2) is 3.52. The van der Waals surface area contributed by atoms with E-state index in [0.717, 1.165) is 25.0 Å². The molecular weight excluding hydrogens is 200 g/mol. The molecule has 1 aliphatic carbocycles. The van der Waals surface area contributed by atoms with Crippen LogP contribution in [0.1, 0.15) is 17.7 Å². The van der Waals surface area contributed by atoms with Gasteiger partial charge >= 0.3 is 0 Å². The first-order valence-electron chi connectivity index (χ1n) is 5.71. The molecule has 16 heavy (non-hydrogen) atoms. The minimum Gasteiger partial charge on any atom is -0.497 e. The van der Waals surface area contributed by atoms with Gasteiger partial charge < -0.3 is 15.5 Å². The molecule has 2 aromatic rings. The van der Waals surface area contributed by atoms with Gasteiger partial charge in [0.25, 0.3) is 0 Å². The maximum Gasteiger partial charge on any atom is 0.119 e. The predicted molar refractivity (Wildman–Crippen MR) is 64.9 cm³/mol. The number of nitrogens with two attached hydrogens (primary N) is 1. The van der Waals surface area contributed by atoms with E-state index in [0.29, 0.717) is 6.04 Å². The number of hydrogen-bond acceptors (Lipinski definition) is 2. The van der Waals surface area contributed by atoms with Crippen molar-refractivity contribution in [3.05, 3.63) is 29.5 Å². The number of aromatic nitrogens is 1. The molecule has 3 rings (SSSR count). The van der Waals surface area contributed by atoms with Crippen molar-refractivity contribution in [2.45, 2.75) is 25.3 Å². The first-order valence-corrected chi connectivity index (χ1v) is 5.71. The number of fused-ring (bicyclic) bond motifs is 3. The molecule has 1 aliphatic rings. The zero-order valence-electron chi connectivity index (χ0n) is 9.42. The Morgan fingerprint density at radius 3 is 3.12 bits per heavy atom. The Morgan fingerprint density at radius 2 is 2.31 bits per heavy atom. The number of H-pyrrole nitrogens is 1. The molecule has 0 fully saturated rings. The first-order chi connectivity index (χ1) is 7.78. The van der Waals surface area contributed by atoms with E-state index in [9.17, 15) is 0 Å². The highest BCUT2D eigenvalue weighted by Crippen LogP contribution is 2.30. The number of rotatable bonds is 1. The van der Waals surface area contributed by atoms with Gasteiger partial charge in [0.2, 0.25) is 0 Å². The van der Waals surface area contributed by atoms with E-state index in [2.05, 4.69) is 17.1 Å². The van der Waals surface area contributed by atoms with E-state index in [-0.39, 0.29) is 0 Å². The van der Waals surface area contributed by atoms with Crippen molar-refractivity contribution >= 4 is 10.9 Å². The molecule has 0 saturated heterocycles. The molecule has 3 nitrogen and oxygen atoms in total. The van der Waals surface area contributed by atoms with Crippen molar-refractivity contribution < 1.29 is 4.74 Å². The number of ether oxygens (including phenoxy) is 1. The minimum atomic E-state index is 0.308. The van der Waals surface area contributed by atoms with E-state index < -0.39 is 0 Å². The number of nitrogens with one attached hydrogen (secondary N) is 1. The van der Waals surface area contributed by atoms with Crippen LogP contribution in [-0.2, 0) is 12.8 Å². The van der Waals surface area contributed by atoms with Crippen molar-refractivity contribution in [1.29, 1.82) is 0 Å². The molecule has 1 aromatic heterocycles. The van der Waals surface area contributed by atoms with Crippen LogP contribution in [0.2, 0.25) is 0 Å². The van der Waals surface area contributed by atoms with Crippen molar-refractivity contribution in [3.8, 4) is 5.75 Å². The van der Waals surface area contributed by atoms with Gasteiger partial charge in [0.05, 0.1) is 7.11 Å². The highest BCUT2D eigenvalue weighted by molar-refractivity contribution is 5.86. The fourth-order valence-electron chi connectivity index (χ4n) is 2.56. The van der Waals surface area contributed by atoms with Gasteiger partial charge in [-0.1, -0.05) is 0 Å². The molecule has 1 unspecified atom stereocenters. The van der Waals surface area contributed by atoms with Crippen molar-refractivity contribution in [1.82, 2.24) is 4.98 Å². The van der Waals surface area contributed by atoms with E-state index in [1.165, 1.54) is 22.2 Å². The lowest BCUT2D eigenvalue weighted by molar-refractivity contribution is 0.415. The maximum absolute atomic E-state index is 5.98. The summed E-state index contributed by atoms with van der Waals surface area (Å²) in [4.78, 5) is 3.46. The van der Waals surface area contributed by atoms with Gasteiger partial charge in [0.1, 0.15) is 5.75 Å². The number of benzene rings is 1. The number of hydrogen-bond donors (Lipinski definition) is 2. The molecule has 0 amide bonds. The van der Waals surface area contributed by atoms with Crippen LogP contribution in [0.3, 0.4) is 0 Å². The monoisotopic (exact) mass is 216 g/mol. The Balaban J connectivity index is 2.18. The average Bonchev–Trinajstić information content (AvgIpc) is 2.65. The third-order valence-corrected chi connectivity index (χ3v) is 3.43. The maximum atomic E-state index is 5.98. The largest absolute Gasteiger partial charge is 0.497 e. The lowest BCUT2D eigenvalue weighted by atomic mass is 9.92. The molecular formula is C13H16N2O. The van der Waals surface area contributed by atoms with Crippen molar-refractivity contribution in [2.24, 2.45) is 5.73 Å². The Bertz CT molecular complexity index is 530. The molecule has 0 saturated carbocycles.